The molecule has 1 aliphatic rings. The van der Waals surface area contributed by atoms with Crippen LogP contribution in [0.1, 0.15) is 32.3 Å². The van der Waals surface area contributed by atoms with Crippen LogP contribution in [-0.4, -0.2) is 19.2 Å². The van der Waals surface area contributed by atoms with Gasteiger partial charge in [0.15, 0.2) is 0 Å². The molecule has 1 saturated carbocycles. The normalized spacial score (nSPS) is 16.9. The van der Waals surface area contributed by atoms with Crippen molar-refractivity contribution in [3.8, 4) is 5.75 Å². The molecule has 100 valence electrons. The molecule has 18 heavy (non-hydrogen) atoms. The van der Waals surface area contributed by atoms with E-state index >= 15 is 0 Å². The van der Waals surface area contributed by atoms with Crippen molar-refractivity contribution in [1.82, 2.24) is 5.32 Å². The summed E-state index contributed by atoms with van der Waals surface area (Å²) in [5, 5.41) is 3.49. The van der Waals surface area contributed by atoms with E-state index in [4.69, 9.17) is 10.5 Å². The highest BCUT2D eigenvalue weighted by Crippen LogP contribution is 2.43. The molecule has 1 aromatic rings. The molecule has 2 rings (SSSR count). The van der Waals surface area contributed by atoms with Crippen molar-refractivity contribution in [1.29, 1.82) is 0 Å². The number of benzene rings is 1. The van der Waals surface area contributed by atoms with Crippen LogP contribution in [0.15, 0.2) is 24.3 Å². The van der Waals surface area contributed by atoms with Crippen molar-refractivity contribution in [2.75, 3.05) is 13.1 Å². The Hall–Kier alpha value is -1.06. The number of ether oxygens (including phenoxy) is 1. The molecular weight excluding hydrogens is 224 g/mol. The highest BCUT2D eigenvalue weighted by Gasteiger charge is 2.40. The summed E-state index contributed by atoms with van der Waals surface area (Å²) in [7, 11) is 0. The van der Waals surface area contributed by atoms with Gasteiger partial charge in [-0.1, -0.05) is 12.1 Å². The fourth-order valence-corrected chi connectivity index (χ4v) is 2.06. The summed E-state index contributed by atoms with van der Waals surface area (Å²) in [6.07, 6.45) is 2.78. The van der Waals surface area contributed by atoms with Crippen LogP contribution in [0.4, 0.5) is 0 Å². The van der Waals surface area contributed by atoms with Crippen LogP contribution in [0.3, 0.4) is 0 Å². The number of nitrogens with two attached hydrogens (primary N) is 1. The lowest BCUT2D eigenvalue weighted by Crippen LogP contribution is -2.29. The molecule has 1 fully saturated rings. The molecule has 0 aromatic heterocycles. The summed E-state index contributed by atoms with van der Waals surface area (Å²) < 4.78 is 5.62. The number of hydrogen-bond donors (Lipinski definition) is 2. The quantitative estimate of drug-likeness (QED) is 0.778. The van der Waals surface area contributed by atoms with Crippen molar-refractivity contribution >= 4 is 0 Å². The fraction of sp³-hybridized carbons (Fsp3) is 0.600. The van der Waals surface area contributed by atoms with Crippen molar-refractivity contribution in [2.24, 2.45) is 11.1 Å². The van der Waals surface area contributed by atoms with Crippen molar-refractivity contribution in [2.45, 2.75) is 39.3 Å². The molecule has 1 aliphatic carbocycles. The molecule has 1 aromatic carbocycles. The van der Waals surface area contributed by atoms with Gasteiger partial charge < -0.3 is 15.8 Å². The van der Waals surface area contributed by atoms with Crippen LogP contribution in [-0.2, 0) is 6.54 Å². The number of hydrogen-bond acceptors (Lipinski definition) is 3. The Bertz CT molecular complexity index is 369. The van der Waals surface area contributed by atoms with E-state index in [0.717, 1.165) is 25.4 Å². The average molecular weight is 248 g/mol. The predicted molar refractivity (Wildman–Crippen MR) is 74.6 cm³/mol. The van der Waals surface area contributed by atoms with E-state index in [9.17, 15) is 0 Å². The summed E-state index contributed by atoms with van der Waals surface area (Å²) in [6, 6.07) is 8.30. The summed E-state index contributed by atoms with van der Waals surface area (Å²) in [5.41, 5.74) is 7.45. The zero-order valence-electron chi connectivity index (χ0n) is 11.4. The van der Waals surface area contributed by atoms with E-state index in [-0.39, 0.29) is 6.10 Å². The van der Waals surface area contributed by atoms with Crippen LogP contribution >= 0.6 is 0 Å². The summed E-state index contributed by atoms with van der Waals surface area (Å²) in [6.45, 7) is 6.83. The van der Waals surface area contributed by atoms with E-state index in [1.165, 1.54) is 18.4 Å². The summed E-state index contributed by atoms with van der Waals surface area (Å²) in [4.78, 5) is 0. The third-order valence-corrected chi connectivity index (χ3v) is 3.51. The van der Waals surface area contributed by atoms with Gasteiger partial charge in [0.25, 0.3) is 0 Å². The lowest BCUT2D eigenvalue weighted by molar-refractivity contribution is 0.242. The molecule has 3 N–H and O–H groups in total. The molecule has 0 bridgehead atoms. The van der Waals surface area contributed by atoms with Gasteiger partial charge in [0.2, 0.25) is 0 Å². The maximum atomic E-state index is 5.76. The van der Waals surface area contributed by atoms with Gasteiger partial charge in [0.05, 0.1) is 6.10 Å². The van der Waals surface area contributed by atoms with Crippen molar-refractivity contribution < 1.29 is 4.74 Å². The van der Waals surface area contributed by atoms with Crippen molar-refractivity contribution in [3.05, 3.63) is 29.8 Å². The second-order valence-electron chi connectivity index (χ2n) is 5.62. The Balaban J connectivity index is 1.76. The molecule has 0 atom stereocenters. The minimum Gasteiger partial charge on any atom is -0.491 e. The van der Waals surface area contributed by atoms with Crippen LogP contribution in [0, 0.1) is 5.41 Å². The molecule has 0 unspecified atom stereocenters. The van der Waals surface area contributed by atoms with Gasteiger partial charge in [-0.05, 0) is 56.3 Å². The first-order valence-electron chi connectivity index (χ1n) is 6.80. The minimum atomic E-state index is 0.230. The van der Waals surface area contributed by atoms with Gasteiger partial charge in [-0.15, -0.1) is 0 Å². The zero-order chi connectivity index (χ0) is 13.0. The predicted octanol–water partition coefficient (Wildman–Crippen LogP) is 2.30. The molecular formula is C15H24N2O. The maximum Gasteiger partial charge on any atom is 0.119 e. The van der Waals surface area contributed by atoms with E-state index in [1.54, 1.807) is 0 Å². The number of nitrogens with one attached hydrogen (secondary N) is 1. The highest BCUT2D eigenvalue weighted by atomic mass is 16.5. The van der Waals surface area contributed by atoms with Gasteiger partial charge >= 0.3 is 0 Å². The van der Waals surface area contributed by atoms with Gasteiger partial charge in [0.1, 0.15) is 5.75 Å². The first-order valence-corrected chi connectivity index (χ1v) is 6.80. The van der Waals surface area contributed by atoms with E-state index in [1.807, 2.05) is 26.0 Å². The number of rotatable bonds is 7. The van der Waals surface area contributed by atoms with Gasteiger partial charge in [-0.2, -0.15) is 0 Å². The van der Waals surface area contributed by atoms with Crippen LogP contribution in [0.2, 0.25) is 0 Å². The second kappa shape index (κ2) is 5.72. The molecule has 0 heterocycles. The lowest BCUT2D eigenvalue weighted by atomic mass is 10.1. The highest BCUT2D eigenvalue weighted by molar-refractivity contribution is 5.27. The van der Waals surface area contributed by atoms with Crippen molar-refractivity contribution in [3.63, 3.8) is 0 Å². The Kier molecular flexibility index (Phi) is 4.25. The Morgan fingerprint density at radius 1 is 1.28 bits per heavy atom. The minimum absolute atomic E-state index is 0.230. The SMILES string of the molecule is CC(C)Oc1ccc(CNCC2(CN)CC2)cc1. The maximum absolute atomic E-state index is 5.76. The first kappa shape index (κ1) is 13.4. The van der Waals surface area contributed by atoms with E-state index < -0.39 is 0 Å². The fourth-order valence-electron chi connectivity index (χ4n) is 2.06. The lowest BCUT2D eigenvalue weighted by Gasteiger charge is -2.14. The molecule has 0 saturated heterocycles. The van der Waals surface area contributed by atoms with Crippen LogP contribution in [0.25, 0.3) is 0 Å². The third-order valence-electron chi connectivity index (χ3n) is 3.51. The molecule has 0 radical (unpaired) electrons. The molecule has 3 heteroatoms. The van der Waals surface area contributed by atoms with Gasteiger partial charge in [-0.25, -0.2) is 0 Å². The summed E-state index contributed by atoms with van der Waals surface area (Å²) in [5.74, 6) is 0.939. The molecule has 3 nitrogen and oxygen atoms in total. The average Bonchev–Trinajstić information content (AvgIpc) is 3.11. The largest absolute Gasteiger partial charge is 0.491 e. The second-order valence-corrected chi connectivity index (χ2v) is 5.62. The first-order chi connectivity index (χ1) is 8.63. The van der Waals surface area contributed by atoms with E-state index in [0.29, 0.717) is 5.41 Å². The molecule has 0 aliphatic heterocycles. The Morgan fingerprint density at radius 2 is 1.94 bits per heavy atom. The monoisotopic (exact) mass is 248 g/mol. The van der Waals surface area contributed by atoms with Crippen LogP contribution < -0.4 is 15.8 Å². The Labute approximate surface area is 110 Å². The standard InChI is InChI=1S/C15H24N2O/c1-12(2)18-14-5-3-13(4-6-14)9-17-11-15(10-16)7-8-15/h3-6,12,17H,7-11,16H2,1-2H3. The van der Waals surface area contributed by atoms with Gasteiger partial charge in [0, 0.05) is 13.1 Å². The topological polar surface area (TPSA) is 47.3 Å². The third kappa shape index (κ3) is 3.72. The van der Waals surface area contributed by atoms with Gasteiger partial charge in [-0.3, -0.25) is 0 Å². The van der Waals surface area contributed by atoms with Crippen LogP contribution in [0.5, 0.6) is 5.75 Å². The molecule has 0 spiro atoms. The smallest absolute Gasteiger partial charge is 0.119 e. The zero-order valence-corrected chi connectivity index (χ0v) is 11.4. The summed E-state index contributed by atoms with van der Waals surface area (Å²) >= 11 is 0. The van der Waals surface area contributed by atoms with E-state index in [2.05, 4.69) is 17.4 Å². The Morgan fingerprint density at radius 3 is 2.44 bits per heavy atom. The molecule has 0 amide bonds.